The normalized spacial score (nSPS) is 21.1. The van der Waals surface area contributed by atoms with Gasteiger partial charge in [-0.2, -0.15) is 10.4 Å². The number of hydrogen-bond acceptors (Lipinski definition) is 3. The zero-order valence-corrected chi connectivity index (χ0v) is 14.2. The van der Waals surface area contributed by atoms with E-state index in [2.05, 4.69) is 31.6 Å². The fraction of sp³-hybridized carbons (Fsp3) is 0.611. The molecule has 23 heavy (non-hydrogen) atoms. The van der Waals surface area contributed by atoms with Gasteiger partial charge in [0.1, 0.15) is 6.07 Å². The number of nitriles is 1. The first kappa shape index (κ1) is 15.8. The molecule has 0 saturated heterocycles. The molecule has 5 heteroatoms. The molecule has 1 amide bonds. The smallest absolute Gasteiger partial charge is 0.246 e. The summed E-state index contributed by atoms with van der Waals surface area (Å²) in [5, 5.41) is 13.3. The largest absolute Gasteiger partial charge is 0.330 e. The average molecular weight is 312 g/mol. The highest BCUT2D eigenvalue weighted by Crippen LogP contribution is 2.65. The maximum absolute atomic E-state index is 12.3. The molecule has 0 aliphatic heterocycles. The van der Waals surface area contributed by atoms with Crippen LogP contribution in [0.15, 0.2) is 18.9 Å². The van der Waals surface area contributed by atoms with E-state index in [0.717, 1.165) is 18.5 Å². The van der Waals surface area contributed by atoms with Gasteiger partial charge in [0.05, 0.1) is 24.0 Å². The fourth-order valence-corrected chi connectivity index (χ4v) is 4.84. The molecule has 3 rings (SSSR count). The summed E-state index contributed by atoms with van der Waals surface area (Å²) in [5.74, 6) is -0.0616. The molecule has 0 N–H and O–H groups in total. The number of amides is 1. The molecule has 0 aromatic carbocycles. The monoisotopic (exact) mass is 312 g/mol. The van der Waals surface area contributed by atoms with E-state index >= 15 is 0 Å². The van der Waals surface area contributed by atoms with Gasteiger partial charge in [0, 0.05) is 13.1 Å². The molecule has 1 aromatic rings. The van der Waals surface area contributed by atoms with Crippen molar-refractivity contribution in [2.75, 3.05) is 0 Å². The van der Waals surface area contributed by atoms with Crippen molar-refractivity contribution in [1.82, 2.24) is 14.7 Å². The molecule has 2 fully saturated rings. The van der Waals surface area contributed by atoms with Gasteiger partial charge in [0.25, 0.3) is 0 Å². The van der Waals surface area contributed by atoms with E-state index in [4.69, 9.17) is 0 Å². The van der Waals surface area contributed by atoms with E-state index in [1.165, 1.54) is 18.9 Å². The van der Waals surface area contributed by atoms with Crippen molar-refractivity contribution >= 4 is 5.91 Å². The fourth-order valence-electron chi connectivity index (χ4n) is 4.84. The first-order valence-electron chi connectivity index (χ1n) is 8.13. The molecule has 0 bridgehead atoms. The van der Waals surface area contributed by atoms with E-state index in [1.54, 1.807) is 10.9 Å². The van der Waals surface area contributed by atoms with Gasteiger partial charge in [0.2, 0.25) is 5.91 Å². The summed E-state index contributed by atoms with van der Waals surface area (Å²) in [7, 11) is 1.81. The minimum Gasteiger partial charge on any atom is -0.330 e. The van der Waals surface area contributed by atoms with Crippen LogP contribution in [0.2, 0.25) is 0 Å². The molecule has 1 aromatic heterocycles. The maximum atomic E-state index is 12.3. The lowest BCUT2D eigenvalue weighted by Crippen LogP contribution is -2.59. The third-order valence-electron chi connectivity index (χ3n) is 5.44. The van der Waals surface area contributed by atoms with Crippen LogP contribution < -0.4 is 0 Å². The minimum atomic E-state index is -0.0616. The highest BCUT2D eigenvalue weighted by molar-refractivity contribution is 5.87. The molecule has 1 spiro atoms. The van der Waals surface area contributed by atoms with Gasteiger partial charge >= 0.3 is 0 Å². The van der Waals surface area contributed by atoms with E-state index in [0.29, 0.717) is 22.9 Å². The van der Waals surface area contributed by atoms with Gasteiger partial charge < -0.3 is 4.90 Å². The molecule has 5 nitrogen and oxygen atoms in total. The molecule has 0 unspecified atom stereocenters. The van der Waals surface area contributed by atoms with Crippen molar-refractivity contribution in [3.05, 3.63) is 30.1 Å². The standard InChI is InChI=1S/C18H24N4O/c1-5-16(23)22(10-15-13(8-19)9-20-21(15)4)14-6-18(7-14)11-17(2,3)12-18/h5,9,14H,1,6-7,10-12H2,2-4H3. The predicted molar refractivity (Wildman–Crippen MR) is 87.1 cm³/mol. The molecule has 0 atom stereocenters. The summed E-state index contributed by atoms with van der Waals surface area (Å²) in [5.41, 5.74) is 2.22. The lowest BCUT2D eigenvalue weighted by Gasteiger charge is -2.63. The Balaban J connectivity index is 1.73. The van der Waals surface area contributed by atoms with Gasteiger partial charge in [-0.25, -0.2) is 0 Å². The summed E-state index contributed by atoms with van der Waals surface area (Å²) in [4.78, 5) is 14.2. The van der Waals surface area contributed by atoms with Gasteiger partial charge in [0.15, 0.2) is 0 Å². The third-order valence-corrected chi connectivity index (χ3v) is 5.44. The van der Waals surface area contributed by atoms with E-state index in [-0.39, 0.29) is 11.9 Å². The number of carbonyl (C=O) groups is 1. The highest BCUT2D eigenvalue weighted by atomic mass is 16.2. The molecular formula is C18H24N4O. The molecule has 0 radical (unpaired) electrons. The Bertz CT molecular complexity index is 678. The summed E-state index contributed by atoms with van der Waals surface area (Å²) in [6, 6.07) is 2.40. The Morgan fingerprint density at radius 1 is 1.57 bits per heavy atom. The van der Waals surface area contributed by atoms with E-state index in [9.17, 15) is 10.1 Å². The summed E-state index contributed by atoms with van der Waals surface area (Å²) < 4.78 is 1.68. The van der Waals surface area contributed by atoms with Gasteiger partial charge in [-0.1, -0.05) is 20.4 Å². The average Bonchev–Trinajstić information content (AvgIpc) is 2.79. The third kappa shape index (κ3) is 2.67. The van der Waals surface area contributed by atoms with Gasteiger partial charge in [-0.3, -0.25) is 9.48 Å². The quantitative estimate of drug-likeness (QED) is 0.803. The highest BCUT2D eigenvalue weighted by Gasteiger charge is 2.57. The van der Waals surface area contributed by atoms with E-state index in [1.807, 2.05) is 11.9 Å². The lowest BCUT2D eigenvalue weighted by atomic mass is 9.45. The molecule has 2 aliphatic carbocycles. The molecule has 2 saturated carbocycles. The van der Waals surface area contributed by atoms with Crippen LogP contribution in [-0.4, -0.2) is 26.6 Å². The Kier molecular flexibility index (Phi) is 3.59. The van der Waals surface area contributed by atoms with Crippen molar-refractivity contribution in [3.63, 3.8) is 0 Å². The predicted octanol–water partition coefficient (Wildman–Crippen LogP) is 2.78. The molecule has 1 heterocycles. The van der Waals surface area contributed by atoms with Crippen molar-refractivity contribution in [3.8, 4) is 6.07 Å². The number of carbonyl (C=O) groups excluding carboxylic acids is 1. The van der Waals surface area contributed by atoms with Crippen LogP contribution >= 0.6 is 0 Å². The van der Waals surface area contributed by atoms with Crippen molar-refractivity contribution in [2.24, 2.45) is 17.9 Å². The van der Waals surface area contributed by atoms with Crippen LogP contribution in [0.25, 0.3) is 0 Å². The molecule has 122 valence electrons. The van der Waals surface area contributed by atoms with Gasteiger partial charge in [-0.05, 0) is 42.6 Å². The first-order valence-corrected chi connectivity index (χ1v) is 8.13. The van der Waals surface area contributed by atoms with Crippen LogP contribution in [0.4, 0.5) is 0 Å². The zero-order valence-electron chi connectivity index (χ0n) is 14.2. The van der Waals surface area contributed by atoms with Crippen LogP contribution in [0.1, 0.15) is 50.8 Å². The van der Waals surface area contributed by atoms with Crippen LogP contribution in [-0.2, 0) is 18.4 Å². The first-order chi connectivity index (χ1) is 10.8. The van der Waals surface area contributed by atoms with Crippen molar-refractivity contribution in [2.45, 2.75) is 52.1 Å². The number of aromatic nitrogens is 2. The lowest BCUT2D eigenvalue weighted by molar-refractivity contribution is -0.149. The summed E-state index contributed by atoms with van der Waals surface area (Å²) in [6.07, 6.45) is 7.57. The van der Waals surface area contributed by atoms with Crippen LogP contribution in [0.5, 0.6) is 0 Å². The Labute approximate surface area is 137 Å². The summed E-state index contributed by atoms with van der Waals surface area (Å²) in [6.45, 7) is 8.68. The van der Waals surface area contributed by atoms with E-state index < -0.39 is 0 Å². The second-order valence-electron chi connectivity index (χ2n) is 7.99. The Hall–Kier alpha value is -2.09. The number of hydrogen-bond donors (Lipinski definition) is 0. The number of aryl methyl sites for hydroxylation is 1. The minimum absolute atomic E-state index is 0.0616. The topological polar surface area (TPSA) is 61.9 Å². The Morgan fingerprint density at radius 2 is 2.22 bits per heavy atom. The molecular weight excluding hydrogens is 288 g/mol. The second-order valence-corrected chi connectivity index (χ2v) is 7.99. The maximum Gasteiger partial charge on any atom is 0.246 e. The SMILES string of the molecule is C=CC(=O)N(Cc1c(C#N)cnn1C)C1CC2(C1)CC(C)(C)C2. The van der Waals surface area contributed by atoms with Crippen LogP contribution in [0.3, 0.4) is 0 Å². The van der Waals surface area contributed by atoms with Crippen molar-refractivity contribution < 1.29 is 4.79 Å². The van der Waals surface area contributed by atoms with Crippen molar-refractivity contribution in [1.29, 1.82) is 5.26 Å². The Morgan fingerprint density at radius 3 is 2.74 bits per heavy atom. The number of rotatable bonds is 4. The zero-order chi connectivity index (χ0) is 16.8. The van der Waals surface area contributed by atoms with Gasteiger partial charge in [-0.15, -0.1) is 0 Å². The summed E-state index contributed by atoms with van der Waals surface area (Å²) >= 11 is 0. The molecule has 2 aliphatic rings. The number of nitrogens with zero attached hydrogens (tertiary/aromatic N) is 4. The second kappa shape index (κ2) is 5.23. The van der Waals surface area contributed by atoms with Crippen LogP contribution in [0, 0.1) is 22.2 Å².